The van der Waals surface area contributed by atoms with Crippen LogP contribution in [0, 0.1) is 23.2 Å². The molecule has 4 rings (SSSR count). The number of aliphatic hydroxyl groups is 2. The van der Waals surface area contributed by atoms with Crippen LogP contribution in [0.4, 0.5) is 0 Å². The van der Waals surface area contributed by atoms with Gasteiger partial charge in [-0.3, -0.25) is 9.59 Å². The third kappa shape index (κ3) is 7.16. The molecule has 1 aromatic rings. The average Bonchev–Trinajstić information content (AvgIpc) is 2.91. The molecule has 0 radical (unpaired) electrons. The lowest BCUT2D eigenvalue weighted by molar-refractivity contribution is -0.452. The van der Waals surface area contributed by atoms with Crippen LogP contribution in [0.1, 0.15) is 91.7 Å². The minimum absolute atomic E-state index is 0.0706. The van der Waals surface area contributed by atoms with Gasteiger partial charge in [0, 0.05) is 35.3 Å². The number of fused-ring (bicyclic) bond motifs is 2. The summed E-state index contributed by atoms with van der Waals surface area (Å²) in [6.07, 6.45) is -2.51. The van der Waals surface area contributed by atoms with E-state index >= 15 is 0 Å². The molecule has 0 aliphatic carbocycles. The Bertz CT molecular complexity index is 1220. The van der Waals surface area contributed by atoms with Crippen LogP contribution < -0.4 is 0 Å². The standard InChI is InChI=1S/C32H46Br2O10/c1-16(8-9-24(40-7)20-10-23(36)22(34)11-21(20)33)29-18(3)26-14-32(43-29)30(5,6)13-17(2)31(39,44-32)15-28(38)41-25(19(4)35)12-27(37)42-26/h10-11,16-19,24-26,29,35-36,39H,8-9,12-15H2,1-7H3. The Labute approximate surface area is 276 Å². The van der Waals surface area contributed by atoms with Gasteiger partial charge in [0.15, 0.2) is 11.6 Å². The fourth-order valence-electron chi connectivity index (χ4n) is 7.03. The van der Waals surface area contributed by atoms with Gasteiger partial charge >= 0.3 is 11.9 Å². The summed E-state index contributed by atoms with van der Waals surface area (Å²) in [5.41, 5.74) is 0.193. The molecule has 0 aromatic heterocycles. The molecule has 3 saturated heterocycles. The van der Waals surface area contributed by atoms with Gasteiger partial charge in [-0.25, -0.2) is 0 Å². The van der Waals surface area contributed by atoms with Gasteiger partial charge in [0.2, 0.25) is 0 Å². The highest BCUT2D eigenvalue weighted by molar-refractivity contribution is 9.11. The van der Waals surface area contributed by atoms with Crippen molar-refractivity contribution in [2.45, 2.75) is 122 Å². The summed E-state index contributed by atoms with van der Waals surface area (Å²) < 4.78 is 32.2. The van der Waals surface area contributed by atoms with Gasteiger partial charge in [-0.05, 0) is 65.7 Å². The number of aromatic hydroxyl groups is 1. The summed E-state index contributed by atoms with van der Waals surface area (Å²) in [4.78, 5) is 26.2. The number of rotatable bonds is 7. The zero-order valence-corrected chi connectivity index (χ0v) is 29.6. The normalized spacial score (nSPS) is 36.2. The molecular formula is C32H46Br2O10. The number of esters is 2. The van der Waals surface area contributed by atoms with Crippen LogP contribution in [-0.2, 0) is 33.3 Å². The van der Waals surface area contributed by atoms with E-state index in [1.165, 1.54) is 6.92 Å². The first kappa shape index (κ1) is 35.6. The summed E-state index contributed by atoms with van der Waals surface area (Å²) in [5.74, 6) is -5.28. The number of phenolic OH excluding ortho intramolecular Hbond substituents is 1. The van der Waals surface area contributed by atoms with Crippen molar-refractivity contribution in [3.63, 3.8) is 0 Å². The Morgan fingerprint density at radius 1 is 1.05 bits per heavy atom. The quantitative estimate of drug-likeness (QED) is 0.288. The van der Waals surface area contributed by atoms with E-state index in [0.29, 0.717) is 23.7 Å². The molecule has 12 heteroatoms. The van der Waals surface area contributed by atoms with Crippen LogP contribution in [0.2, 0.25) is 0 Å². The lowest BCUT2D eigenvalue weighted by atomic mass is 9.66. The maximum atomic E-state index is 13.2. The molecular weight excluding hydrogens is 704 g/mol. The van der Waals surface area contributed by atoms with Gasteiger partial charge in [0.05, 0.1) is 35.6 Å². The molecule has 44 heavy (non-hydrogen) atoms. The molecule has 1 spiro atoms. The second-order valence-corrected chi connectivity index (χ2v) is 15.3. The molecule has 1 aromatic carbocycles. The number of carbonyl (C=O) groups excluding carboxylic acids is 2. The third-order valence-electron chi connectivity index (χ3n) is 9.87. The first-order chi connectivity index (χ1) is 20.4. The number of methoxy groups -OCH3 is 1. The van der Waals surface area contributed by atoms with Crippen molar-refractivity contribution in [3.8, 4) is 5.75 Å². The maximum Gasteiger partial charge on any atom is 0.311 e. The average molecular weight is 751 g/mol. The van der Waals surface area contributed by atoms with E-state index in [1.54, 1.807) is 19.2 Å². The molecule has 3 aliphatic rings. The highest BCUT2D eigenvalue weighted by Gasteiger charge is 2.64. The van der Waals surface area contributed by atoms with Crippen molar-refractivity contribution in [3.05, 3.63) is 26.6 Å². The van der Waals surface area contributed by atoms with E-state index in [0.717, 1.165) is 10.0 Å². The number of hydrogen-bond acceptors (Lipinski definition) is 10. The Hall–Kier alpha value is -1.28. The lowest BCUT2D eigenvalue weighted by Crippen LogP contribution is -2.68. The highest BCUT2D eigenvalue weighted by atomic mass is 79.9. The van der Waals surface area contributed by atoms with E-state index in [1.807, 2.05) is 27.7 Å². The zero-order chi connectivity index (χ0) is 32.8. The van der Waals surface area contributed by atoms with Crippen LogP contribution >= 0.6 is 31.9 Å². The van der Waals surface area contributed by atoms with Gasteiger partial charge in [-0.1, -0.05) is 50.5 Å². The predicted molar refractivity (Wildman–Crippen MR) is 167 cm³/mol. The van der Waals surface area contributed by atoms with Crippen molar-refractivity contribution < 1.29 is 48.6 Å². The zero-order valence-electron chi connectivity index (χ0n) is 26.5. The van der Waals surface area contributed by atoms with Crippen molar-refractivity contribution in [1.29, 1.82) is 0 Å². The van der Waals surface area contributed by atoms with Crippen LogP contribution in [0.25, 0.3) is 0 Å². The Morgan fingerprint density at radius 3 is 2.36 bits per heavy atom. The van der Waals surface area contributed by atoms with Gasteiger partial charge in [-0.2, -0.15) is 0 Å². The molecule has 3 aliphatic heterocycles. The van der Waals surface area contributed by atoms with E-state index in [2.05, 4.69) is 38.8 Å². The molecule has 3 heterocycles. The summed E-state index contributed by atoms with van der Waals surface area (Å²) in [6, 6.07) is 3.46. The second kappa shape index (κ2) is 13.4. The van der Waals surface area contributed by atoms with Crippen LogP contribution in [0.15, 0.2) is 21.1 Å². The molecule has 3 N–H and O–H groups in total. The number of phenols is 1. The van der Waals surface area contributed by atoms with Crippen LogP contribution in [0.3, 0.4) is 0 Å². The van der Waals surface area contributed by atoms with Crippen molar-refractivity contribution in [2.24, 2.45) is 23.2 Å². The molecule has 10 unspecified atom stereocenters. The molecule has 3 fully saturated rings. The molecule has 0 saturated carbocycles. The molecule has 0 amide bonds. The largest absolute Gasteiger partial charge is 0.507 e. The van der Waals surface area contributed by atoms with E-state index in [4.69, 9.17) is 23.7 Å². The lowest BCUT2D eigenvalue weighted by Gasteiger charge is -2.61. The number of hydrogen-bond donors (Lipinski definition) is 3. The van der Waals surface area contributed by atoms with Gasteiger partial charge in [0.25, 0.3) is 0 Å². The summed E-state index contributed by atoms with van der Waals surface area (Å²) in [5, 5.41) is 32.4. The predicted octanol–water partition coefficient (Wildman–Crippen LogP) is 5.91. The SMILES string of the molecule is COC(CCC(C)C1OC23CC(OC(=O)CC(C(C)O)OC(=O)CC(O)(O2)C(C)CC3(C)C)C1C)c1cc(O)c(Br)cc1Br. The number of carbonyl (C=O) groups is 2. The maximum absolute atomic E-state index is 13.2. The Morgan fingerprint density at radius 2 is 1.73 bits per heavy atom. The summed E-state index contributed by atoms with van der Waals surface area (Å²) in [6.45, 7) is 11.3. The fraction of sp³-hybridized carbons (Fsp3) is 0.750. The Kier molecular flexibility index (Phi) is 10.9. The number of halogens is 2. The highest BCUT2D eigenvalue weighted by Crippen LogP contribution is 2.57. The van der Waals surface area contributed by atoms with Crippen molar-refractivity contribution >= 4 is 43.8 Å². The summed E-state index contributed by atoms with van der Waals surface area (Å²) >= 11 is 6.92. The van der Waals surface area contributed by atoms with E-state index in [-0.39, 0.29) is 36.5 Å². The minimum Gasteiger partial charge on any atom is -0.507 e. The van der Waals surface area contributed by atoms with E-state index in [9.17, 15) is 24.9 Å². The number of aliphatic hydroxyl groups excluding tert-OH is 1. The monoisotopic (exact) mass is 748 g/mol. The molecule has 248 valence electrons. The number of benzene rings is 1. The van der Waals surface area contributed by atoms with Crippen molar-refractivity contribution in [2.75, 3.05) is 7.11 Å². The minimum atomic E-state index is -1.89. The van der Waals surface area contributed by atoms with E-state index < -0.39 is 65.7 Å². The fourth-order valence-corrected chi connectivity index (χ4v) is 8.28. The summed E-state index contributed by atoms with van der Waals surface area (Å²) in [7, 11) is 1.63. The number of cyclic esters (lactones) is 1. The smallest absolute Gasteiger partial charge is 0.311 e. The van der Waals surface area contributed by atoms with Crippen molar-refractivity contribution in [1.82, 2.24) is 0 Å². The van der Waals surface area contributed by atoms with Crippen LogP contribution in [-0.4, -0.2) is 70.4 Å². The van der Waals surface area contributed by atoms with Gasteiger partial charge in [0.1, 0.15) is 18.0 Å². The van der Waals surface area contributed by atoms with Crippen LogP contribution in [0.5, 0.6) is 5.75 Å². The first-order valence-electron chi connectivity index (χ1n) is 15.3. The molecule has 3 bridgehead atoms. The molecule has 10 nitrogen and oxygen atoms in total. The third-order valence-corrected chi connectivity index (χ3v) is 11.2. The Balaban J connectivity index is 1.67. The molecule has 10 atom stereocenters. The van der Waals surface area contributed by atoms with Gasteiger partial charge in [-0.15, -0.1) is 0 Å². The second-order valence-electron chi connectivity index (χ2n) is 13.6. The number of ether oxygens (including phenoxy) is 5. The topological polar surface area (TPSA) is 141 Å². The first-order valence-corrected chi connectivity index (χ1v) is 16.9. The van der Waals surface area contributed by atoms with Gasteiger partial charge < -0.3 is 39.0 Å².